The van der Waals surface area contributed by atoms with E-state index < -0.39 is 6.10 Å². The van der Waals surface area contributed by atoms with Crippen molar-refractivity contribution in [3.63, 3.8) is 0 Å². The number of hydrogen-bond donors (Lipinski definition) is 0. The first-order valence-electron chi connectivity index (χ1n) is 8.04. The van der Waals surface area contributed by atoms with Crippen LogP contribution in [0.1, 0.15) is 31.7 Å². The lowest BCUT2D eigenvalue weighted by molar-refractivity contribution is -0.138. The minimum absolute atomic E-state index is 0.00971. The van der Waals surface area contributed by atoms with Crippen molar-refractivity contribution in [2.75, 3.05) is 13.1 Å². The number of carbonyl (C=O) groups is 1. The Hall–Kier alpha value is -2.30. The van der Waals surface area contributed by atoms with Crippen LogP contribution in [0, 0.1) is 6.92 Å². The number of rotatable bonds is 3. The summed E-state index contributed by atoms with van der Waals surface area (Å²) in [5, 5.41) is 0.868. The Morgan fingerprint density at radius 3 is 2.70 bits per heavy atom. The molecule has 23 heavy (non-hydrogen) atoms. The molecule has 0 aliphatic carbocycles. The molecule has 3 rings (SSSR count). The fourth-order valence-electron chi connectivity index (χ4n) is 3.00. The van der Waals surface area contributed by atoms with Crippen molar-refractivity contribution in [2.24, 2.45) is 0 Å². The molecule has 0 saturated carbocycles. The summed E-state index contributed by atoms with van der Waals surface area (Å²) in [6, 6.07) is 6.78. The van der Waals surface area contributed by atoms with E-state index in [1.54, 1.807) is 19.1 Å². The number of hydrogen-bond acceptors (Lipinski definition) is 4. The lowest BCUT2D eigenvalue weighted by Gasteiger charge is -2.29. The summed E-state index contributed by atoms with van der Waals surface area (Å²) < 4.78 is 11.0. The van der Waals surface area contributed by atoms with Gasteiger partial charge in [0, 0.05) is 30.6 Å². The van der Waals surface area contributed by atoms with Crippen LogP contribution in [0.3, 0.4) is 0 Å². The molecule has 0 N–H and O–H groups in total. The van der Waals surface area contributed by atoms with Crippen LogP contribution in [0.15, 0.2) is 33.5 Å². The molecule has 1 aromatic carbocycles. The highest BCUT2D eigenvalue weighted by atomic mass is 16.5. The van der Waals surface area contributed by atoms with Crippen LogP contribution >= 0.6 is 0 Å². The van der Waals surface area contributed by atoms with E-state index in [1.165, 1.54) is 12.5 Å². The van der Waals surface area contributed by atoms with Gasteiger partial charge in [-0.25, -0.2) is 4.79 Å². The fraction of sp³-hybridized carbons (Fsp3) is 0.444. The second-order valence-corrected chi connectivity index (χ2v) is 6.05. The molecule has 0 bridgehead atoms. The first-order chi connectivity index (χ1) is 11.0. The number of piperidine rings is 1. The molecular weight excluding hydrogens is 294 g/mol. The average molecular weight is 315 g/mol. The number of aryl methyl sites for hydroxylation is 1. The molecule has 2 aromatic rings. The third-order valence-electron chi connectivity index (χ3n) is 4.25. The molecule has 5 heteroatoms. The normalized spacial score (nSPS) is 16.3. The molecule has 1 aromatic heterocycles. The van der Waals surface area contributed by atoms with Gasteiger partial charge in [-0.3, -0.25) is 4.79 Å². The number of benzene rings is 1. The maximum Gasteiger partial charge on any atom is 0.336 e. The Morgan fingerprint density at radius 2 is 1.96 bits per heavy atom. The molecule has 122 valence electrons. The number of amides is 1. The largest absolute Gasteiger partial charge is 0.481 e. The van der Waals surface area contributed by atoms with E-state index in [1.807, 2.05) is 17.9 Å². The van der Waals surface area contributed by atoms with Crippen LogP contribution in [-0.2, 0) is 4.79 Å². The van der Waals surface area contributed by atoms with Crippen LogP contribution in [0.2, 0.25) is 0 Å². The standard InChI is InChI=1S/C18H21NO4/c1-12-10-17(20)23-16-11-14(6-7-15(12)16)22-13(2)18(21)19-8-4-3-5-9-19/h6-7,10-11,13H,3-5,8-9H2,1-2H3. The highest BCUT2D eigenvalue weighted by Crippen LogP contribution is 2.23. The summed E-state index contributed by atoms with van der Waals surface area (Å²) in [5.74, 6) is 0.541. The van der Waals surface area contributed by atoms with E-state index >= 15 is 0 Å². The van der Waals surface area contributed by atoms with Gasteiger partial charge in [-0.2, -0.15) is 0 Å². The van der Waals surface area contributed by atoms with Gasteiger partial charge in [0.05, 0.1) is 0 Å². The predicted molar refractivity (Wildman–Crippen MR) is 87.7 cm³/mol. The second kappa shape index (κ2) is 6.44. The number of ether oxygens (including phenoxy) is 1. The third kappa shape index (κ3) is 3.38. The molecular formula is C18H21NO4. The third-order valence-corrected chi connectivity index (χ3v) is 4.25. The van der Waals surface area contributed by atoms with Crippen molar-refractivity contribution < 1.29 is 13.9 Å². The van der Waals surface area contributed by atoms with Crippen LogP contribution < -0.4 is 10.4 Å². The van der Waals surface area contributed by atoms with Crippen molar-refractivity contribution in [1.29, 1.82) is 0 Å². The smallest absolute Gasteiger partial charge is 0.336 e. The second-order valence-electron chi connectivity index (χ2n) is 6.05. The lowest BCUT2D eigenvalue weighted by Crippen LogP contribution is -2.43. The van der Waals surface area contributed by atoms with Gasteiger partial charge in [0.2, 0.25) is 0 Å². The molecule has 1 saturated heterocycles. The van der Waals surface area contributed by atoms with Gasteiger partial charge in [-0.15, -0.1) is 0 Å². The molecule has 1 fully saturated rings. The maximum absolute atomic E-state index is 12.4. The van der Waals surface area contributed by atoms with Crippen molar-refractivity contribution >= 4 is 16.9 Å². The van der Waals surface area contributed by atoms with Gasteiger partial charge in [0.15, 0.2) is 6.10 Å². The van der Waals surface area contributed by atoms with E-state index in [2.05, 4.69) is 0 Å². The van der Waals surface area contributed by atoms with Gasteiger partial charge < -0.3 is 14.1 Å². The van der Waals surface area contributed by atoms with Gasteiger partial charge in [-0.1, -0.05) is 0 Å². The van der Waals surface area contributed by atoms with Crippen LogP contribution in [-0.4, -0.2) is 30.0 Å². The topological polar surface area (TPSA) is 59.8 Å². The minimum atomic E-state index is -0.554. The Bertz CT molecular complexity index is 774. The Kier molecular flexibility index (Phi) is 4.37. The average Bonchev–Trinajstić information content (AvgIpc) is 2.54. The summed E-state index contributed by atoms with van der Waals surface area (Å²) in [6.45, 7) is 5.23. The van der Waals surface area contributed by atoms with E-state index in [4.69, 9.17) is 9.15 Å². The summed E-state index contributed by atoms with van der Waals surface area (Å²) in [5.41, 5.74) is 0.954. The van der Waals surface area contributed by atoms with Gasteiger partial charge in [0.1, 0.15) is 11.3 Å². The Morgan fingerprint density at radius 1 is 1.22 bits per heavy atom. The van der Waals surface area contributed by atoms with Crippen LogP contribution in [0.4, 0.5) is 0 Å². The Labute approximate surface area is 134 Å². The predicted octanol–water partition coefficient (Wildman–Crippen LogP) is 2.88. The molecule has 1 aliphatic rings. The summed E-state index contributed by atoms with van der Waals surface area (Å²) in [4.78, 5) is 25.7. The van der Waals surface area contributed by atoms with Crippen molar-refractivity contribution in [1.82, 2.24) is 4.90 Å². The molecule has 1 unspecified atom stereocenters. The summed E-state index contributed by atoms with van der Waals surface area (Å²) in [6.07, 6.45) is 2.74. The zero-order valence-corrected chi connectivity index (χ0v) is 13.5. The van der Waals surface area contributed by atoms with Gasteiger partial charge in [-0.05, 0) is 50.8 Å². The fourth-order valence-corrected chi connectivity index (χ4v) is 3.00. The van der Waals surface area contributed by atoms with E-state index in [0.29, 0.717) is 11.3 Å². The van der Waals surface area contributed by atoms with Crippen LogP contribution in [0.25, 0.3) is 11.0 Å². The quantitative estimate of drug-likeness (QED) is 0.817. The van der Waals surface area contributed by atoms with Crippen molar-refractivity contribution in [3.8, 4) is 5.75 Å². The summed E-state index contributed by atoms with van der Waals surface area (Å²) >= 11 is 0. The van der Waals surface area contributed by atoms with E-state index in [9.17, 15) is 9.59 Å². The zero-order valence-electron chi connectivity index (χ0n) is 13.5. The molecule has 1 atom stereocenters. The first kappa shape index (κ1) is 15.6. The molecule has 2 heterocycles. The lowest BCUT2D eigenvalue weighted by atomic mass is 10.1. The monoisotopic (exact) mass is 315 g/mol. The molecule has 0 spiro atoms. The first-order valence-corrected chi connectivity index (χ1v) is 8.04. The zero-order chi connectivity index (χ0) is 16.4. The van der Waals surface area contributed by atoms with E-state index in [0.717, 1.165) is 36.9 Å². The number of carbonyl (C=O) groups excluding carboxylic acids is 1. The number of nitrogens with zero attached hydrogens (tertiary/aromatic N) is 1. The van der Waals surface area contributed by atoms with Crippen molar-refractivity contribution in [3.05, 3.63) is 40.2 Å². The van der Waals surface area contributed by atoms with E-state index in [-0.39, 0.29) is 11.5 Å². The molecule has 5 nitrogen and oxygen atoms in total. The van der Waals surface area contributed by atoms with Gasteiger partial charge in [0.25, 0.3) is 5.91 Å². The Balaban J connectivity index is 1.78. The van der Waals surface area contributed by atoms with Crippen LogP contribution in [0.5, 0.6) is 5.75 Å². The number of fused-ring (bicyclic) bond motifs is 1. The highest BCUT2D eigenvalue weighted by molar-refractivity contribution is 5.82. The minimum Gasteiger partial charge on any atom is -0.481 e. The highest BCUT2D eigenvalue weighted by Gasteiger charge is 2.23. The van der Waals surface area contributed by atoms with Gasteiger partial charge >= 0.3 is 5.63 Å². The summed E-state index contributed by atoms with van der Waals surface area (Å²) in [7, 11) is 0. The maximum atomic E-state index is 12.4. The van der Waals surface area contributed by atoms with Crippen molar-refractivity contribution in [2.45, 2.75) is 39.2 Å². The molecule has 0 radical (unpaired) electrons. The number of likely N-dealkylation sites (tertiary alicyclic amines) is 1. The molecule has 1 aliphatic heterocycles. The molecule has 1 amide bonds. The SMILES string of the molecule is Cc1cc(=O)oc2cc(OC(C)C(=O)N3CCCCC3)ccc12.